The summed E-state index contributed by atoms with van der Waals surface area (Å²) >= 11 is 3.81. The Labute approximate surface area is 130 Å². The van der Waals surface area contributed by atoms with E-state index < -0.39 is 0 Å². The quantitative estimate of drug-likeness (QED) is 0.907. The number of hydrogen-bond acceptors (Lipinski definition) is 3. The average molecular weight is 313 g/mol. The first kappa shape index (κ1) is 15.7. The van der Waals surface area contributed by atoms with Crippen LogP contribution in [0.25, 0.3) is 0 Å². The predicted molar refractivity (Wildman–Crippen MR) is 88.6 cm³/mol. The monoisotopic (exact) mass is 312 g/mol. The summed E-state index contributed by atoms with van der Waals surface area (Å²) in [5.41, 5.74) is 0. The van der Waals surface area contributed by atoms with Crippen molar-refractivity contribution in [3.05, 3.63) is 22.4 Å². The number of thiophene rings is 1. The Balaban J connectivity index is 1.87. The SMILES string of the molecule is CCC(CC)NC(=O)N1CCSC(c2cccs2)CC1. The molecule has 1 atom stereocenters. The number of hydrogen-bond donors (Lipinski definition) is 1. The smallest absolute Gasteiger partial charge is 0.317 e. The number of rotatable bonds is 4. The molecule has 2 rings (SSSR count). The topological polar surface area (TPSA) is 32.3 Å². The molecule has 0 aliphatic carbocycles. The maximum Gasteiger partial charge on any atom is 0.317 e. The zero-order valence-electron chi connectivity index (χ0n) is 12.3. The molecule has 0 bridgehead atoms. The van der Waals surface area contributed by atoms with E-state index >= 15 is 0 Å². The number of urea groups is 1. The van der Waals surface area contributed by atoms with Crippen molar-refractivity contribution in [2.75, 3.05) is 18.8 Å². The summed E-state index contributed by atoms with van der Waals surface area (Å²) in [4.78, 5) is 15.7. The maximum atomic E-state index is 12.3. The van der Waals surface area contributed by atoms with Crippen molar-refractivity contribution >= 4 is 29.1 Å². The van der Waals surface area contributed by atoms with Gasteiger partial charge in [-0.1, -0.05) is 19.9 Å². The van der Waals surface area contributed by atoms with E-state index in [4.69, 9.17) is 0 Å². The molecule has 2 heterocycles. The predicted octanol–water partition coefficient (Wildman–Crippen LogP) is 4.13. The molecular formula is C15H24N2OS2. The molecule has 5 heteroatoms. The van der Waals surface area contributed by atoms with Crippen molar-refractivity contribution in [3.63, 3.8) is 0 Å². The Hall–Kier alpha value is -0.680. The molecule has 1 aromatic rings. The molecule has 0 saturated carbocycles. The minimum atomic E-state index is 0.117. The fraction of sp³-hybridized carbons (Fsp3) is 0.667. The van der Waals surface area contributed by atoms with Gasteiger partial charge in [-0.2, -0.15) is 11.8 Å². The van der Waals surface area contributed by atoms with E-state index in [1.807, 2.05) is 28.0 Å². The number of carbonyl (C=O) groups excluding carboxylic acids is 1. The van der Waals surface area contributed by atoms with Crippen molar-refractivity contribution in [3.8, 4) is 0 Å². The van der Waals surface area contributed by atoms with Gasteiger partial charge < -0.3 is 10.2 Å². The maximum absolute atomic E-state index is 12.3. The number of carbonyl (C=O) groups is 1. The Morgan fingerprint density at radius 1 is 1.45 bits per heavy atom. The molecule has 112 valence electrons. The molecule has 0 radical (unpaired) electrons. The number of nitrogens with one attached hydrogen (secondary N) is 1. The molecule has 3 nitrogen and oxygen atoms in total. The van der Waals surface area contributed by atoms with Gasteiger partial charge in [-0.15, -0.1) is 11.3 Å². The Bertz CT molecular complexity index is 404. The molecule has 1 aliphatic rings. The van der Waals surface area contributed by atoms with Crippen molar-refractivity contribution in [1.29, 1.82) is 0 Å². The van der Waals surface area contributed by atoms with Gasteiger partial charge in [0.15, 0.2) is 0 Å². The van der Waals surface area contributed by atoms with Crippen LogP contribution in [0.1, 0.15) is 43.2 Å². The standard InChI is InChI=1S/C15H24N2OS2/c1-3-12(4-2)16-15(18)17-8-7-14(20-11-9-17)13-6-5-10-19-13/h5-6,10,12,14H,3-4,7-9,11H2,1-2H3,(H,16,18). The third kappa shape index (κ3) is 4.16. The van der Waals surface area contributed by atoms with Crippen LogP contribution in [0.3, 0.4) is 0 Å². The Morgan fingerprint density at radius 3 is 2.90 bits per heavy atom. The molecule has 1 N–H and O–H groups in total. The van der Waals surface area contributed by atoms with Crippen LogP contribution < -0.4 is 5.32 Å². The fourth-order valence-electron chi connectivity index (χ4n) is 2.43. The van der Waals surface area contributed by atoms with Gasteiger partial charge in [0, 0.05) is 35.0 Å². The van der Waals surface area contributed by atoms with Crippen LogP contribution in [-0.4, -0.2) is 35.8 Å². The van der Waals surface area contributed by atoms with E-state index in [1.165, 1.54) is 4.88 Å². The highest BCUT2D eigenvalue weighted by Crippen LogP contribution is 2.36. The molecule has 20 heavy (non-hydrogen) atoms. The van der Waals surface area contributed by atoms with Gasteiger partial charge >= 0.3 is 6.03 Å². The van der Waals surface area contributed by atoms with E-state index in [9.17, 15) is 4.79 Å². The van der Waals surface area contributed by atoms with Crippen LogP contribution in [0, 0.1) is 0 Å². The van der Waals surface area contributed by atoms with Gasteiger partial charge in [0.05, 0.1) is 0 Å². The zero-order chi connectivity index (χ0) is 14.4. The van der Waals surface area contributed by atoms with Crippen LogP contribution in [0.2, 0.25) is 0 Å². The van der Waals surface area contributed by atoms with Gasteiger partial charge in [0.2, 0.25) is 0 Å². The van der Waals surface area contributed by atoms with Gasteiger partial charge in [-0.25, -0.2) is 4.79 Å². The van der Waals surface area contributed by atoms with Gasteiger partial charge in [0.1, 0.15) is 0 Å². The third-order valence-electron chi connectivity index (χ3n) is 3.80. The molecule has 1 fully saturated rings. The van der Waals surface area contributed by atoms with Crippen molar-refractivity contribution in [1.82, 2.24) is 10.2 Å². The highest BCUT2D eigenvalue weighted by atomic mass is 32.2. The Kier molecular flexibility index (Phi) is 6.23. The van der Waals surface area contributed by atoms with Gasteiger partial charge in [0.25, 0.3) is 0 Å². The molecular weight excluding hydrogens is 288 g/mol. The average Bonchev–Trinajstić information content (AvgIpc) is 2.89. The third-order valence-corrected chi connectivity index (χ3v) is 6.25. The summed E-state index contributed by atoms with van der Waals surface area (Å²) in [7, 11) is 0. The number of thioether (sulfide) groups is 1. The Morgan fingerprint density at radius 2 is 2.25 bits per heavy atom. The summed E-state index contributed by atoms with van der Waals surface area (Å²) in [6.07, 6.45) is 3.06. The highest BCUT2D eigenvalue weighted by molar-refractivity contribution is 7.99. The van der Waals surface area contributed by atoms with E-state index in [0.29, 0.717) is 11.3 Å². The van der Waals surface area contributed by atoms with E-state index in [2.05, 4.69) is 36.7 Å². The van der Waals surface area contributed by atoms with Crippen molar-refractivity contribution in [2.45, 2.75) is 44.4 Å². The lowest BCUT2D eigenvalue weighted by Gasteiger charge is -2.24. The largest absolute Gasteiger partial charge is 0.335 e. The molecule has 0 spiro atoms. The fourth-order valence-corrected chi connectivity index (χ4v) is 4.67. The van der Waals surface area contributed by atoms with Gasteiger partial charge in [-0.3, -0.25) is 0 Å². The minimum Gasteiger partial charge on any atom is -0.335 e. The second kappa shape index (κ2) is 7.93. The summed E-state index contributed by atoms with van der Waals surface area (Å²) in [5.74, 6) is 1.03. The second-order valence-electron chi connectivity index (χ2n) is 5.11. The van der Waals surface area contributed by atoms with Crippen LogP contribution in [-0.2, 0) is 0 Å². The molecule has 2 amide bonds. The van der Waals surface area contributed by atoms with Crippen molar-refractivity contribution in [2.24, 2.45) is 0 Å². The van der Waals surface area contributed by atoms with Crippen LogP contribution in [0.5, 0.6) is 0 Å². The van der Waals surface area contributed by atoms with Gasteiger partial charge in [-0.05, 0) is 30.7 Å². The molecule has 1 saturated heterocycles. The normalized spacial score (nSPS) is 19.9. The van der Waals surface area contributed by atoms with Crippen LogP contribution in [0.15, 0.2) is 17.5 Å². The van der Waals surface area contributed by atoms with E-state index in [-0.39, 0.29) is 6.03 Å². The van der Waals surface area contributed by atoms with Crippen LogP contribution in [0.4, 0.5) is 4.79 Å². The highest BCUT2D eigenvalue weighted by Gasteiger charge is 2.23. The molecule has 1 aliphatic heterocycles. The molecule has 1 aromatic heterocycles. The van der Waals surface area contributed by atoms with E-state index in [0.717, 1.165) is 38.1 Å². The lowest BCUT2D eigenvalue weighted by Crippen LogP contribution is -2.45. The summed E-state index contributed by atoms with van der Waals surface area (Å²) in [6, 6.07) is 4.75. The zero-order valence-corrected chi connectivity index (χ0v) is 13.9. The summed E-state index contributed by atoms with van der Waals surface area (Å²) < 4.78 is 0. The lowest BCUT2D eigenvalue weighted by molar-refractivity contribution is 0.196. The summed E-state index contributed by atoms with van der Waals surface area (Å²) in [5, 5.41) is 5.84. The first-order valence-electron chi connectivity index (χ1n) is 7.45. The molecule has 0 aromatic carbocycles. The lowest BCUT2D eigenvalue weighted by atomic mass is 10.2. The number of amides is 2. The molecule has 1 unspecified atom stereocenters. The second-order valence-corrected chi connectivity index (χ2v) is 7.40. The van der Waals surface area contributed by atoms with E-state index in [1.54, 1.807) is 0 Å². The van der Waals surface area contributed by atoms with Crippen molar-refractivity contribution < 1.29 is 4.79 Å². The first-order chi connectivity index (χ1) is 9.74. The first-order valence-corrected chi connectivity index (χ1v) is 9.37. The summed E-state index contributed by atoms with van der Waals surface area (Å²) in [6.45, 7) is 5.97. The minimum absolute atomic E-state index is 0.117. The number of nitrogens with zero attached hydrogens (tertiary/aromatic N) is 1. The van der Waals surface area contributed by atoms with Crippen LogP contribution >= 0.6 is 23.1 Å².